The molecule has 1 N–H and O–H groups in total. The standard InChI is InChI=1S/C25H25N3O3S/c1-15-10-16(2)12-19(11-15)27-21(29)13-20-14-32-25-26-17(3)22(24(30)31-4)23(28(20)25)18-8-6-5-7-9-18/h5-12,14,23H,13H2,1-4H3,(H,27,29)/t23-/m0/s1. The summed E-state index contributed by atoms with van der Waals surface area (Å²) >= 11 is 1.46. The van der Waals surface area contributed by atoms with E-state index < -0.39 is 12.0 Å². The highest BCUT2D eigenvalue weighted by Gasteiger charge is 2.40. The molecule has 0 saturated heterocycles. The van der Waals surface area contributed by atoms with Gasteiger partial charge in [-0.3, -0.25) is 4.79 Å². The highest BCUT2D eigenvalue weighted by Crippen LogP contribution is 2.44. The van der Waals surface area contributed by atoms with Crippen LogP contribution in [0, 0.1) is 13.8 Å². The smallest absolute Gasteiger partial charge is 0.338 e. The number of amides is 1. The zero-order chi connectivity index (χ0) is 22.8. The van der Waals surface area contributed by atoms with Crippen molar-refractivity contribution in [2.24, 2.45) is 4.99 Å². The van der Waals surface area contributed by atoms with Crippen molar-refractivity contribution in [1.82, 2.24) is 4.90 Å². The quantitative estimate of drug-likeness (QED) is 0.647. The average molecular weight is 448 g/mol. The lowest BCUT2D eigenvalue weighted by atomic mass is 9.94. The van der Waals surface area contributed by atoms with Gasteiger partial charge in [0.15, 0.2) is 5.17 Å². The van der Waals surface area contributed by atoms with Crippen molar-refractivity contribution in [2.75, 3.05) is 12.4 Å². The number of fused-ring (bicyclic) bond motifs is 1. The Hall–Kier alpha value is -3.32. The second-order valence-corrected chi connectivity index (χ2v) is 8.73. The number of nitrogens with one attached hydrogen (secondary N) is 1. The molecule has 2 aliphatic heterocycles. The first-order chi connectivity index (χ1) is 15.4. The Morgan fingerprint density at radius 3 is 2.44 bits per heavy atom. The van der Waals surface area contributed by atoms with E-state index in [9.17, 15) is 9.59 Å². The summed E-state index contributed by atoms with van der Waals surface area (Å²) in [4.78, 5) is 32.2. The number of esters is 1. The van der Waals surface area contributed by atoms with Crippen LogP contribution in [0.4, 0.5) is 5.69 Å². The molecular weight excluding hydrogens is 422 g/mol. The van der Waals surface area contributed by atoms with E-state index in [2.05, 4.69) is 16.4 Å². The van der Waals surface area contributed by atoms with Gasteiger partial charge < -0.3 is 15.0 Å². The van der Waals surface area contributed by atoms with E-state index in [0.29, 0.717) is 11.3 Å². The SMILES string of the molecule is COC(=O)C1=C(C)N=C2SC=C(CC(=O)Nc3cc(C)cc(C)c3)N2[C@H]1c1ccccc1. The molecule has 0 spiro atoms. The maximum absolute atomic E-state index is 12.9. The van der Waals surface area contributed by atoms with E-state index in [1.54, 1.807) is 0 Å². The van der Waals surface area contributed by atoms with Gasteiger partial charge in [0, 0.05) is 11.4 Å². The highest BCUT2D eigenvalue weighted by molar-refractivity contribution is 8.16. The summed E-state index contributed by atoms with van der Waals surface area (Å²) in [6.45, 7) is 5.82. The van der Waals surface area contributed by atoms with Gasteiger partial charge in [-0.15, -0.1) is 0 Å². The molecule has 6 nitrogen and oxygen atoms in total. The van der Waals surface area contributed by atoms with Crippen LogP contribution in [0.1, 0.15) is 36.1 Å². The molecule has 2 heterocycles. The van der Waals surface area contributed by atoms with E-state index in [0.717, 1.165) is 33.2 Å². The molecule has 0 aliphatic carbocycles. The monoisotopic (exact) mass is 447 g/mol. The molecule has 0 aromatic heterocycles. The first-order valence-corrected chi connectivity index (χ1v) is 11.2. The van der Waals surface area contributed by atoms with E-state index in [4.69, 9.17) is 4.74 Å². The van der Waals surface area contributed by atoms with Gasteiger partial charge in [-0.25, -0.2) is 9.79 Å². The number of allylic oxidation sites excluding steroid dienone is 1. The predicted molar refractivity (Wildman–Crippen MR) is 128 cm³/mol. The van der Waals surface area contributed by atoms with Gasteiger partial charge in [0.05, 0.1) is 30.8 Å². The minimum absolute atomic E-state index is 0.124. The number of benzene rings is 2. The Morgan fingerprint density at radius 1 is 1.09 bits per heavy atom. The van der Waals surface area contributed by atoms with Crippen molar-refractivity contribution >= 4 is 34.5 Å². The van der Waals surface area contributed by atoms with Crippen molar-refractivity contribution in [3.05, 3.63) is 87.6 Å². The van der Waals surface area contributed by atoms with Gasteiger partial charge in [0.2, 0.25) is 5.91 Å². The van der Waals surface area contributed by atoms with Crippen LogP contribution in [0.2, 0.25) is 0 Å². The summed E-state index contributed by atoms with van der Waals surface area (Å²) in [7, 11) is 1.37. The third-order valence-corrected chi connectivity index (χ3v) is 6.26. The van der Waals surface area contributed by atoms with E-state index in [1.807, 2.05) is 73.5 Å². The number of ether oxygens (including phenoxy) is 1. The predicted octanol–water partition coefficient (Wildman–Crippen LogP) is 5.08. The van der Waals surface area contributed by atoms with Crippen molar-refractivity contribution in [1.29, 1.82) is 0 Å². The zero-order valence-corrected chi connectivity index (χ0v) is 19.3. The number of hydrogen-bond acceptors (Lipinski definition) is 6. The number of hydrogen-bond donors (Lipinski definition) is 1. The fourth-order valence-corrected chi connectivity index (χ4v) is 5.07. The molecule has 0 radical (unpaired) electrons. The first kappa shape index (κ1) is 21.9. The Kier molecular flexibility index (Phi) is 6.19. The highest BCUT2D eigenvalue weighted by atomic mass is 32.2. The summed E-state index contributed by atoms with van der Waals surface area (Å²) in [6, 6.07) is 15.3. The second-order valence-electron chi connectivity index (χ2n) is 7.90. The molecule has 7 heteroatoms. The maximum atomic E-state index is 12.9. The summed E-state index contributed by atoms with van der Waals surface area (Å²) in [6.07, 6.45) is 0.163. The number of amidine groups is 1. The summed E-state index contributed by atoms with van der Waals surface area (Å²) in [5.41, 5.74) is 5.78. The lowest BCUT2D eigenvalue weighted by molar-refractivity contribution is -0.136. The Labute approximate surface area is 192 Å². The lowest BCUT2D eigenvalue weighted by Crippen LogP contribution is -2.37. The molecule has 2 aliphatic rings. The van der Waals surface area contributed by atoms with Gasteiger partial charge >= 0.3 is 5.97 Å². The maximum Gasteiger partial charge on any atom is 0.338 e. The topological polar surface area (TPSA) is 71.0 Å². The van der Waals surface area contributed by atoms with Crippen molar-refractivity contribution in [3.63, 3.8) is 0 Å². The molecule has 0 unspecified atom stereocenters. The number of aryl methyl sites for hydroxylation is 2. The fraction of sp³-hybridized carbons (Fsp3) is 0.240. The molecule has 0 bridgehead atoms. The van der Waals surface area contributed by atoms with Gasteiger partial charge in [-0.05, 0) is 55.0 Å². The molecule has 164 valence electrons. The Bertz CT molecular complexity index is 1150. The van der Waals surface area contributed by atoms with Gasteiger partial charge in [0.1, 0.15) is 0 Å². The molecule has 0 saturated carbocycles. The van der Waals surface area contributed by atoms with Crippen LogP contribution in [0.3, 0.4) is 0 Å². The van der Waals surface area contributed by atoms with Crippen LogP contribution >= 0.6 is 11.8 Å². The molecule has 4 rings (SSSR count). The van der Waals surface area contributed by atoms with Crippen LogP contribution < -0.4 is 5.32 Å². The van der Waals surface area contributed by atoms with E-state index in [1.165, 1.54) is 18.9 Å². The minimum atomic E-state index is -0.421. The molecule has 0 fully saturated rings. The number of anilines is 1. The normalized spacial score (nSPS) is 17.5. The molecule has 32 heavy (non-hydrogen) atoms. The van der Waals surface area contributed by atoms with Crippen LogP contribution in [-0.4, -0.2) is 29.1 Å². The number of nitrogens with zero attached hydrogens (tertiary/aromatic N) is 2. The Balaban J connectivity index is 1.64. The summed E-state index contributed by atoms with van der Waals surface area (Å²) in [5.74, 6) is -0.545. The number of aliphatic imine (C=N–C) groups is 1. The van der Waals surface area contributed by atoms with E-state index in [-0.39, 0.29) is 12.3 Å². The summed E-state index contributed by atoms with van der Waals surface area (Å²) < 4.78 is 5.08. The van der Waals surface area contributed by atoms with Crippen molar-refractivity contribution in [2.45, 2.75) is 33.2 Å². The largest absolute Gasteiger partial charge is 0.466 e. The molecule has 1 amide bonds. The summed E-state index contributed by atoms with van der Waals surface area (Å²) in [5, 5.41) is 5.68. The van der Waals surface area contributed by atoms with Crippen LogP contribution in [-0.2, 0) is 14.3 Å². The Morgan fingerprint density at radius 2 is 1.78 bits per heavy atom. The van der Waals surface area contributed by atoms with Gasteiger partial charge in [-0.1, -0.05) is 48.2 Å². The van der Waals surface area contributed by atoms with Crippen LogP contribution in [0.15, 0.2) is 75.9 Å². The molecule has 2 aromatic carbocycles. The average Bonchev–Trinajstić information content (AvgIpc) is 3.13. The molecular formula is C25H25N3O3S. The number of carbonyl (C=O) groups excluding carboxylic acids is 2. The molecule has 1 atom stereocenters. The fourth-order valence-electron chi connectivity index (χ4n) is 4.11. The van der Waals surface area contributed by atoms with Gasteiger partial charge in [-0.2, -0.15) is 0 Å². The third kappa shape index (κ3) is 4.34. The number of thioether (sulfide) groups is 1. The van der Waals surface area contributed by atoms with Crippen LogP contribution in [0.25, 0.3) is 0 Å². The van der Waals surface area contributed by atoms with E-state index >= 15 is 0 Å². The third-order valence-electron chi connectivity index (χ3n) is 5.37. The number of carbonyl (C=O) groups is 2. The zero-order valence-electron chi connectivity index (χ0n) is 18.5. The number of methoxy groups -OCH3 is 1. The molecule has 2 aromatic rings. The lowest BCUT2D eigenvalue weighted by Gasteiger charge is -2.36. The van der Waals surface area contributed by atoms with Crippen LogP contribution in [0.5, 0.6) is 0 Å². The number of rotatable bonds is 5. The second kappa shape index (κ2) is 9.04. The van der Waals surface area contributed by atoms with Crippen molar-refractivity contribution < 1.29 is 14.3 Å². The first-order valence-electron chi connectivity index (χ1n) is 10.3. The van der Waals surface area contributed by atoms with Gasteiger partial charge in [0.25, 0.3) is 0 Å². The minimum Gasteiger partial charge on any atom is -0.466 e. The van der Waals surface area contributed by atoms with Crippen molar-refractivity contribution in [3.8, 4) is 0 Å².